The molecule has 110 valence electrons. The van der Waals surface area contributed by atoms with Gasteiger partial charge in [0.15, 0.2) is 0 Å². The molecule has 0 aliphatic heterocycles. The van der Waals surface area contributed by atoms with Crippen molar-refractivity contribution in [2.24, 2.45) is 17.4 Å². The van der Waals surface area contributed by atoms with E-state index in [1.165, 1.54) is 82.7 Å². The maximum atomic E-state index is 6.51. The average Bonchev–Trinajstić information content (AvgIpc) is 2.48. The van der Waals surface area contributed by atoms with Gasteiger partial charge in [-0.2, -0.15) is 0 Å². The zero-order valence-corrected chi connectivity index (χ0v) is 12.5. The third-order valence-corrected chi connectivity index (χ3v) is 5.07. The van der Waals surface area contributed by atoms with Gasteiger partial charge < -0.3 is 11.5 Å². The first-order valence-electron chi connectivity index (χ1n) is 8.52. The van der Waals surface area contributed by atoms with Crippen LogP contribution in [0.15, 0.2) is 11.3 Å². The fraction of sp³-hybridized carbons (Fsp3) is 0.882. The Kier molecular flexibility index (Phi) is 6.22. The number of nitrogens with two attached hydrogens (primary N) is 2. The van der Waals surface area contributed by atoms with Gasteiger partial charge in [0.1, 0.15) is 0 Å². The molecule has 0 heterocycles. The van der Waals surface area contributed by atoms with Crippen molar-refractivity contribution in [3.05, 3.63) is 11.3 Å². The van der Waals surface area contributed by atoms with Crippen LogP contribution in [0.25, 0.3) is 0 Å². The first-order valence-corrected chi connectivity index (χ1v) is 8.52. The van der Waals surface area contributed by atoms with Crippen LogP contribution in [0.4, 0.5) is 0 Å². The van der Waals surface area contributed by atoms with Gasteiger partial charge in [0.2, 0.25) is 0 Å². The van der Waals surface area contributed by atoms with Crippen molar-refractivity contribution < 1.29 is 0 Å². The van der Waals surface area contributed by atoms with Crippen LogP contribution in [0, 0.1) is 5.92 Å². The molecule has 0 aromatic carbocycles. The van der Waals surface area contributed by atoms with Crippen molar-refractivity contribution in [1.82, 2.24) is 0 Å². The zero-order chi connectivity index (χ0) is 13.5. The highest BCUT2D eigenvalue weighted by atomic mass is 14.7. The van der Waals surface area contributed by atoms with E-state index < -0.39 is 0 Å². The van der Waals surface area contributed by atoms with E-state index in [-0.39, 0.29) is 0 Å². The Morgan fingerprint density at radius 1 is 0.684 bits per heavy atom. The molecule has 4 N–H and O–H groups in total. The van der Waals surface area contributed by atoms with Crippen LogP contribution >= 0.6 is 0 Å². The van der Waals surface area contributed by atoms with E-state index in [2.05, 4.69) is 0 Å². The van der Waals surface area contributed by atoms with Gasteiger partial charge in [0, 0.05) is 11.7 Å². The molecule has 2 nitrogen and oxygen atoms in total. The van der Waals surface area contributed by atoms with Gasteiger partial charge in [-0.15, -0.1) is 0 Å². The molecule has 2 aliphatic carbocycles. The molecule has 2 unspecified atom stereocenters. The first-order chi connectivity index (χ1) is 9.29. The Morgan fingerprint density at radius 3 is 2.05 bits per heavy atom. The van der Waals surface area contributed by atoms with Crippen LogP contribution in [0.2, 0.25) is 0 Å². The van der Waals surface area contributed by atoms with E-state index in [9.17, 15) is 0 Å². The van der Waals surface area contributed by atoms with Gasteiger partial charge in [0.05, 0.1) is 0 Å². The van der Waals surface area contributed by atoms with E-state index in [0.717, 1.165) is 6.42 Å². The standard InChI is InChI=1S/C17H32N2/c18-16-12-8-3-1-2-6-10-14(16)15-11-7-4-5-9-13-17(15)19/h14,16H,1-13,18-19H2/b17-15-. The lowest BCUT2D eigenvalue weighted by Crippen LogP contribution is -2.32. The van der Waals surface area contributed by atoms with E-state index in [1.807, 2.05) is 0 Å². The topological polar surface area (TPSA) is 52.0 Å². The lowest BCUT2D eigenvalue weighted by molar-refractivity contribution is 0.398. The second-order valence-corrected chi connectivity index (χ2v) is 6.58. The van der Waals surface area contributed by atoms with Crippen LogP contribution in [-0.4, -0.2) is 6.04 Å². The summed E-state index contributed by atoms with van der Waals surface area (Å²) in [6, 6.07) is 0.353. The summed E-state index contributed by atoms with van der Waals surface area (Å²) < 4.78 is 0. The second kappa shape index (κ2) is 7.94. The quantitative estimate of drug-likeness (QED) is 0.744. The summed E-state index contributed by atoms with van der Waals surface area (Å²) >= 11 is 0. The maximum absolute atomic E-state index is 6.51. The van der Waals surface area contributed by atoms with Gasteiger partial charge in [-0.05, 0) is 50.0 Å². The summed E-state index contributed by atoms with van der Waals surface area (Å²) in [4.78, 5) is 0. The number of allylic oxidation sites excluding steroid dienone is 1. The maximum Gasteiger partial charge on any atom is 0.0105 e. The summed E-state index contributed by atoms with van der Waals surface area (Å²) in [7, 11) is 0. The minimum Gasteiger partial charge on any atom is -0.402 e. The van der Waals surface area contributed by atoms with Crippen LogP contribution in [0.1, 0.15) is 83.5 Å². The Bertz CT molecular complexity index is 296. The number of hydrogen-bond acceptors (Lipinski definition) is 2. The summed E-state index contributed by atoms with van der Waals surface area (Å²) in [5.41, 5.74) is 15.6. The van der Waals surface area contributed by atoms with Gasteiger partial charge in [0.25, 0.3) is 0 Å². The summed E-state index contributed by atoms with van der Waals surface area (Å²) in [6.07, 6.45) is 16.9. The van der Waals surface area contributed by atoms with Crippen molar-refractivity contribution in [3.8, 4) is 0 Å². The molecule has 1 saturated carbocycles. The van der Waals surface area contributed by atoms with Crippen molar-refractivity contribution >= 4 is 0 Å². The Balaban J connectivity index is 2.10. The van der Waals surface area contributed by atoms with Crippen LogP contribution < -0.4 is 11.5 Å². The van der Waals surface area contributed by atoms with Crippen LogP contribution in [0.3, 0.4) is 0 Å². The number of hydrogen-bond donors (Lipinski definition) is 2. The summed E-state index contributed by atoms with van der Waals surface area (Å²) in [5, 5.41) is 0. The Hall–Kier alpha value is -0.500. The lowest BCUT2D eigenvalue weighted by Gasteiger charge is -2.29. The molecule has 0 bridgehead atoms. The molecule has 0 radical (unpaired) electrons. The minimum atomic E-state index is 0.353. The first kappa shape index (κ1) is 14.9. The molecule has 19 heavy (non-hydrogen) atoms. The fourth-order valence-corrected chi connectivity index (χ4v) is 3.85. The minimum absolute atomic E-state index is 0.353. The Labute approximate surface area is 119 Å². The van der Waals surface area contributed by atoms with Gasteiger partial charge in [-0.3, -0.25) is 0 Å². The fourth-order valence-electron chi connectivity index (χ4n) is 3.85. The van der Waals surface area contributed by atoms with Gasteiger partial charge in [-0.1, -0.05) is 44.9 Å². The highest BCUT2D eigenvalue weighted by molar-refractivity contribution is 5.17. The van der Waals surface area contributed by atoms with Gasteiger partial charge in [-0.25, -0.2) is 0 Å². The predicted octanol–water partition coefficient (Wildman–Crippen LogP) is 4.24. The largest absolute Gasteiger partial charge is 0.402 e. The van der Waals surface area contributed by atoms with E-state index in [1.54, 1.807) is 5.57 Å². The smallest absolute Gasteiger partial charge is 0.0105 e. The summed E-state index contributed by atoms with van der Waals surface area (Å²) in [6.45, 7) is 0. The lowest BCUT2D eigenvalue weighted by atomic mass is 9.80. The molecule has 0 aromatic heterocycles. The van der Waals surface area contributed by atoms with Crippen molar-refractivity contribution in [2.45, 2.75) is 89.5 Å². The number of rotatable bonds is 1. The third-order valence-electron chi connectivity index (χ3n) is 5.07. The zero-order valence-electron chi connectivity index (χ0n) is 12.5. The van der Waals surface area contributed by atoms with Crippen LogP contribution in [-0.2, 0) is 0 Å². The highest BCUT2D eigenvalue weighted by Gasteiger charge is 2.24. The van der Waals surface area contributed by atoms with Crippen LogP contribution in [0.5, 0.6) is 0 Å². The van der Waals surface area contributed by atoms with Crippen molar-refractivity contribution in [1.29, 1.82) is 0 Å². The monoisotopic (exact) mass is 264 g/mol. The average molecular weight is 264 g/mol. The SMILES string of the molecule is N/C1=C(\C2CCCCCCCC2N)CCCCCC1. The predicted molar refractivity (Wildman–Crippen MR) is 82.7 cm³/mol. The molecule has 2 atom stereocenters. The van der Waals surface area contributed by atoms with Gasteiger partial charge >= 0.3 is 0 Å². The molecule has 2 aliphatic rings. The van der Waals surface area contributed by atoms with E-state index >= 15 is 0 Å². The molecule has 1 fully saturated rings. The van der Waals surface area contributed by atoms with E-state index in [0.29, 0.717) is 12.0 Å². The molecular weight excluding hydrogens is 232 g/mol. The molecule has 2 heteroatoms. The second-order valence-electron chi connectivity index (χ2n) is 6.58. The molecule has 2 rings (SSSR count). The molecule has 0 aromatic rings. The molecule has 0 spiro atoms. The normalized spacial score (nSPS) is 35.6. The van der Waals surface area contributed by atoms with Crippen molar-refractivity contribution in [3.63, 3.8) is 0 Å². The Morgan fingerprint density at radius 2 is 1.26 bits per heavy atom. The third kappa shape index (κ3) is 4.52. The highest BCUT2D eigenvalue weighted by Crippen LogP contribution is 2.33. The molecule has 0 amide bonds. The summed E-state index contributed by atoms with van der Waals surface area (Å²) in [5.74, 6) is 0.580. The molecule has 0 saturated heterocycles. The van der Waals surface area contributed by atoms with Crippen molar-refractivity contribution in [2.75, 3.05) is 0 Å². The van der Waals surface area contributed by atoms with E-state index in [4.69, 9.17) is 11.5 Å². The molecular formula is C17H32N2.